The minimum Gasteiger partial charge on any atom is -0.379 e. The standard InChI is InChI=1S/C15H32N2O/c1-15(2)8-5-6-14(7-9-15)16-10-12-18-13-11-17(3)4/h14,16H,5-13H2,1-4H3. The van der Waals surface area contributed by atoms with Gasteiger partial charge in [0, 0.05) is 19.1 Å². The van der Waals surface area contributed by atoms with Crippen molar-refractivity contribution in [3.05, 3.63) is 0 Å². The fraction of sp³-hybridized carbons (Fsp3) is 1.00. The molecule has 18 heavy (non-hydrogen) atoms. The van der Waals surface area contributed by atoms with Gasteiger partial charge in [-0.05, 0) is 45.2 Å². The molecule has 0 bridgehead atoms. The van der Waals surface area contributed by atoms with Crippen molar-refractivity contribution in [1.82, 2.24) is 10.2 Å². The molecule has 1 saturated carbocycles. The predicted molar refractivity (Wildman–Crippen MR) is 78.0 cm³/mol. The monoisotopic (exact) mass is 256 g/mol. The minimum atomic E-state index is 0.554. The van der Waals surface area contributed by atoms with E-state index in [2.05, 4.69) is 38.2 Å². The van der Waals surface area contributed by atoms with Gasteiger partial charge in [0.05, 0.1) is 13.2 Å². The fourth-order valence-electron chi connectivity index (χ4n) is 2.55. The molecule has 108 valence electrons. The molecule has 1 aliphatic rings. The van der Waals surface area contributed by atoms with Crippen molar-refractivity contribution >= 4 is 0 Å². The summed E-state index contributed by atoms with van der Waals surface area (Å²) in [6, 6.07) is 0.712. The van der Waals surface area contributed by atoms with Crippen molar-refractivity contribution < 1.29 is 4.74 Å². The molecule has 0 aromatic heterocycles. The molecule has 1 fully saturated rings. The quantitative estimate of drug-likeness (QED) is 0.559. The zero-order valence-electron chi connectivity index (χ0n) is 12.8. The van der Waals surface area contributed by atoms with Crippen LogP contribution in [0.15, 0.2) is 0 Å². The molecule has 0 aromatic carbocycles. The van der Waals surface area contributed by atoms with Crippen LogP contribution in [0.4, 0.5) is 0 Å². The number of nitrogens with zero attached hydrogens (tertiary/aromatic N) is 1. The maximum atomic E-state index is 5.60. The molecule has 0 radical (unpaired) electrons. The number of hydrogen-bond acceptors (Lipinski definition) is 3. The van der Waals surface area contributed by atoms with Gasteiger partial charge in [0.1, 0.15) is 0 Å². The summed E-state index contributed by atoms with van der Waals surface area (Å²) >= 11 is 0. The van der Waals surface area contributed by atoms with Gasteiger partial charge in [-0.3, -0.25) is 0 Å². The summed E-state index contributed by atoms with van der Waals surface area (Å²) in [6.45, 7) is 8.50. The van der Waals surface area contributed by atoms with E-state index in [1.165, 1.54) is 32.1 Å². The second-order valence-electron chi connectivity index (χ2n) is 6.66. The van der Waals surface area contributed by atoms with Gasteiger partial charge in [0.15, 0.2) is 0 Å². The van der Waals surface area contributed by atoms with E-state index in [4.69, 9.17) is 4.74 Å². The predicted octanol–water partition coefficient (Wildman–Crippen LogP) is 2.51. The molecular formula is C15H32N2O. The van der Waals surface area contributed by atoms with Gasteiger partial charge in [0.25, 0.3) is 0 Å². The number of rotatable bonds is 7. The van der Waals surface area contributed by atoms with Crippen molar-refractivity contribution in [3.63, 3.8) is 0 Å². The van der Waals surface area contributed by atoms with Gasteiger partial charge in [0.2, 0.25) is 0 Å². The van der Waals surface area contributed by atoms with Crippen LogP contribution in [0.1, 0.15) is 46.0 Å². The average molecular weight is 256 g/mol. The van der Waals surface area contributed by atoms with Gasteiger partial charge in [-0.25, -0.2) is 0 Å². The second-order valence-corrected chi connectivity index (χ2v) is 6.66. The molecule has 3 heteroatoms. The lowest BCUT2D eigenvalue weighted by Crippen LogP contribution is -2.32. The average Bonchev–Trinajstić information content (AvgIpc) is 2.45. The molecular weight excluding hydrogens is 224 g/mol. The molecule has 1 rings (SSSR count). The van der Waals surface area contributed by atoms with Crippen LogP contribution < -0.4 is 5.32 Å². The van der Waals surface area contributed by atoms with Crippen LogP contribution in [-0.4, -0.2) is 51.3 Å². The maximum absolute atomic E-state index is 5.60. The van der Waals surface area contributed by atoms with Crippen LogP contribution in [0.25, 0.3) is 0 Å². The van der Waals surface area contributed by atoms with Crippen LogP contribution in [0, 0.1) is 5.41 Å². The lowest BCUT2D eigenvalue weighted by molar-refractivity contribution is 0.117. The normalized spacial score (nSPS) is 24.2. The highest BCUT2D eigenvalue weighted by Gasteiger charge is 2.23. The first-order chi connectivity index (χ1) is 8.49. The van der Waals surface area contributed by atoms with Crippen molar-refractivity contribution in [2.24, 2.45) is 5.41 Å². The summed E-state index contributed by atoms with van der Waals surface area (Å²) in [6.07, 6.45) is 6.76. The van der Waals surface area contributed by atoms with Crippen molar-refractivity contribution in [1.29, 1.82) is 0 Å². The van der Waals surface area contributed by atoms with E-state index in [1.807, 2.05) is 0 Å². The third-order valence-electron chi connectivity index (χ3n) is 3.94. The Hall–Kier alpha value is -0.120. The summed E-state index contributed by atoms with van der Waals surface area (Å²) in [7, 11) is 4.16. The summed E-state index contributed by atoms with van der Waals surface area (Å²) in [5.74, 6) is 0. The molecule has 0 spiro atoms. The Morgan fingerprint density at radius 1 is 1.17 bits per heavy atom. The van der Waals surface area contributed by atoms with E-state index < -0.39 is 0 Å². The number of hydrogen-bond donors (Lipinski definition) is 1. The highest BCUT2D eigenvalue weighted by molar-refractivity contribution is 4.79. The molecule has 0 saturated heterocycles. The second kappa shape index (κ2) is 8.13. The van der Waals surface area contributed by atoms with Gasteiger partial charge in [-0.2, -0.15) is 0 Å². The lowest BCUT2D eigenvalue weighted by Gasteiger charge is -2.22. The minimum absolute atomic E-state index is 0.554. The van der Waals surface area contributed by atoms with Crippen molar-refractivity contribution in [2.45, 2.75) is 52.0 Å². The smallest absolute Gasteiger partial charge is 0.0593 e. The van der Waals surface area contributed by atoms with E-state index in [9.17, 15) is 0 Å². The van der Waals surface area contributed by atoms with E-state index in [1.54, 1.807) is 0 Å². The summed E-state index contributed by atoms with van der Waals surface area (Å²) in [4.78, 5) is 2.15. The molecule has 0 heterocycles. The zero-order chi connectivity index (χ0) is 13.4. The Labute approximate surface area is 113 Å². The van der Waals surface area contributed by atoms with Crippen molar-refractivity contribution in [3.8, 4) is 0 Å². The Morgan fingerprint density at radius 3 is 2.67 bits per heavy atom. The molecule has 0 amide bonds. The zero-order valence-corrected chi connectivity index (χ0v) is 12.8. The van der Waals surface area contributed by atoms with Crippen LogP contribution >= 0.6 is 0 Å². The highest BCUT2D eigenvalue weighted by atomic mass is 16.5. The molecule has 0 aromatic rings. The van der Waals surface area contributed by atoms with Gasteiger partial charge in [-0.1, -0.05) is 20.3 Å². The molecule has 1 unspecified atom stereocenters. The summed E-state index contributed by atoms with van der Waals surface area (Å²) in [5, 5.41) is 3.65. The molecule has 3 nitrogen and oxygen atoms in total. The SMILES string of the molecule is CN(C)CCOCCNC1CCCC(C)(C)CC1. The molecule has 1 N–H and O–H groups in total. The summed E-state index contributed by atoms with van der Waals surface area (Å²) < 4.78 is 5.60. The van der Waals surface area contributed by atoms with Gasteiger partial charge in [-0.15, -0.1) is 0 Å². The van der Waals surface area contributed by atoms with E-state index in [-0.39, 0.29) is 0 Å². The maximum Gasteiger partial charge on any atom is 0.0593 e. The number of nitrogens with one attached hydrogen (secondary N) is 1. The largest absolute Gasteiger partial charge is 0.379 e. The lowest BCUT2D eigenvalue weighted by atomic mass is 9.85. The Balaban J connectivity index is 2.02. The first-order valence-corrected chi connectivity index (χ1v) is 7.45. The third-order valence-corrected chi connectivity index (χ3v) is 3.94. The van der Waals surface area contributed by atoms with Crippen LogP contribution in [0.5, 0.6) is 0 Å². The fourth-order valence-corrected chi connectivity index (χ4v) is 2.55. The first-order valence-electron chi connectivity index (χ1n) is 7.45. The summed E-state index contributed by atoms with van der Waals surface area (Å²) in [5.41, 5.74) is 0.554. The number of likely N-dealkylation sites (N-methyl/N-ethyl adjacent to an activating group) is 1. The van der Waals surface area contributed by atoms with Gasteiger partial charge >= 0.3 is 0 Å². The van der Waals surface area contributed by atoms with E-state index in [0.29, 0.717) is 11.5 Å². The Morgan fingerprint density at radius 2 is 1.94 bits per heavy atom. The van der Waals surface area contributed by atoms with E-state index >= 15 is 0 Å². The molecule has 0 aliphatic heterocycles. The Kier molecular flexibility index (Phi) is 7.20. The topological polar surface area (TPSA) is 24.5 Å². The first kappa shape index (κ1) is 15.9. The van der Waals surface area contributed by atoms with Gasteiger partial charge < -0.3 is 15.0 Å². The van der Waals surface area contributed by atoms with E-state index in [0.717, 1.165) is 26.3 Å². The third kappa shape index (κ3) is 7.34. The molecule has 1 aliphatic carbocycles. The van der Waals surface area contributed by atoms with Crippen LogP contribution in [0.2, 0.25) is 0 Å². The van der Waals surface area contributed by atoms with Crippen molar-refractivity contribution in [2.75, 3.05) is 40.4 Å². The van der Waals surface area contributed by atoms with Crippen LogP contribution in [-0.2, 0) is 4.74 Å². The van der Waals surface area contributed by atoms with Crippen LogP contribution in [0.3, 0.4) is 0 Å². The molecule has 1 atom stereocenters. The highest BCUT2D eigenvalue weighted by Crippen LogP contribution is 2.33. The Bertz CT molecular complexity index is 217. The number of ether oxygens (including phenoxy) is 1.